The van der Waals surface area contributed by atoms with Crippen LogP contribution in [-0.4, -0.2) is 33.5 Å². The molecule has 0 amide bonds. The molecule has 1 aromatic rings. The topological polar surface area (TPSA) is 64.6 Å². The summed E-state index contributed by atoms with van der Waals surface area (Å²) in [6.07, 6.45) is 2.32. The van der Waals surface area contributed by atoms with E-state index in [0.717, 1.165) is 30.6 Å². The maximum atomic E-state index is 12.1. The molecule has 5 nitrogen and oxygen atoms in total. The Morgan fingerprint density at radius 1 is 1.32 bits per heavy atom. The van der Waals surface area contributed by atoms with E-state index in [1.807, 2.05) is 6.07 Å². The highest BCUT2D eigenvalue weighted by atomic mass is 32.2. The Morgan fingerprint density at radius 2 is 2.21 bits per heavy atom. The number of ether oxygens (including phenoxy) is 2. The zero-order valence-corrected chi connectivity index (χ0v) is 11.4. The highest BCUT2D eigenvalue weighted by Gasteiger charge is 2.25. The molecule has 1 aromatic carbocycles. The maximum Gasteiger partial charge on any atom is 0.235 e. The van der Waals surface area contributed by atoms with E-state index in [1.165, 1.54) is 0 Å². The Bertz CT molecular complexity index is 564. The Kier molecular flexibility index (Phi) is 3.36. The first kappa shape index (κ1) is 12.7. The second-order valence-corrected chi connectivity index (χ2v) is 6.67. The molecule has 2 aliphatic rings. The molecule has 19 heavy (non-hydrogen) atoms. The van der Waals surface area contributed by atoms with E-state index in [9.17, 15) is 8.42 Å². The molecule has 0 aromatic heterocycles. The smallest absolute Gasteiger partial charge is 0.235 e. The fraction of sp³-hybridized carbons (Fsp3) is 0.538. The normalized spacial score (nSPS) is 22.0. The number of rotatable bonds is 4. The lowest BCUT2D eigenvalue weighted by Crippen LogP contribution is -2.26. The molecule has 1 saturated heterocycles. The zero-order valence-electron chi connectivity index (χ0n) is 10.6. The largest absolute Gasteiger partial charge is 0.493 e. The van der Waals surface area contributed by atoms with Crippen molar-refractivity contribution in [1.29, 1.82) is 0 Å². The Hall–Kier alpha value is -1.27. The van der Waals surface area contributed by atoms with Crippen LogP contribution in [0.2, 0.25) is 0 Å². The molecule has 1 N–H and O–H groups in total. The van der Waals surface area contributed by atoms with Gasteiger partial charge in [0.05, 0.1) is 24.2 Å². The van der Waals surface area contributed by atoms with Crippen LogP contribution in [0.3, 0.4) is 0 Å². The first-order valence-electron chi connectivity index (χ1n) is 6.51. The van der Waals surface area contributed by atoms with Gasteiger partial charge in [-0.3, -0.25) is 4.72 Å². The number of hydrogen-bond donors (Lipinski definition) is 1. The van der Waals surface area contributed by atoms with Crippen molar-refractivity contribution in [2.45, 2.75) is 25.4 Å². The van der Waals surface area contributed by atoms with Gasteiger partial charge in [0.25, 0.3) is 0 Å². The van der Waals surface area contributed by atoms with Gasteiger partial charge in [0.2, 0.25) is 10.0 Å². The summed E-state index contributed by atoms with van der Waals surface area (Å²) in [6, 6.07) is 5.44. The van der Waals surface area contributed by atoms with Gasteiger partial charge in [-0.25, -0.2) is 8.42 Å². The third kappa shape index (κ3) is 2.84. The standard InChI is InChI=1S/C13H17NO4S/c15-19(16,9-10-3-2-7-17-10)14-12-4-1-5-13-11(12)6-8-18-13/h1,4-5,10,14H,2-3,6-9H2. The van der Waals surface area contributed by atoms with Gasteiger partial charge in [0, 0.05) is 18.6 Å². The first-order chi connectivity index (χ1) is 9.14. The van der Waals surface area contributed by atoms with Crippen LogP contribution in [0.5, 0.6) is 5.75 Å². The van der Waals surface area contributed by atoms with Crippen LogP contribution in [0.1, 0.15) is 18.4 Å². The van der Waals surface area contributed by atoms with Gasteiger partial charge in [-0.05, 0) is 25.0 Å². The molecule has 0 spiro atoms. The highest BCUT2D eigenvalue weighted by molar-refractivity contribution is 7.92. The van der Waals surface area contributed by atoms with Crippen molar-refractivity contribution >= 4 is 15.7 Å². The van der Waals surface area contributed by atoms with Crippen LogP contribution in [0.25, 0.3) is 0 Å². The van der Waals surface area contributed by atoms with Gasteiger partial charge in [-0.15, -0.1) is 0 Å². The third-order valence-electron chi connectivity index (χ3n) is 3.44. The second kappa shape index (κ2) is 5.02. The molecular formula is C13H17NO4S. The molecule has 1 fully saturated rings. The van der Waals surface area contributed by atoms with E-state index < -0.39 is 10.0 Å². The van der Waals surface area contributed by atoms with E-state index in [0.29, 0.717) is 18.9 Å². The Morgan fingerprint density at radius 3 is 3.00 bits per heavy atom. The minimum atomic E-state index is -3.37. The average molecular weight is 283 g/mol. The van der Waals surface area contributed by atoms with Crippen LogP contribution in [0.15, 0.2) is 18.2 Å². The van der Waals surface area contributed by atoms with Crippen molar-refractivity contribution in [3.8, 4) is 5.75 Å². The van der Waals surface area contributed by atoms with Gasteiger partial charge in [0.15, 0.2) is 0 Å². The lowest BCUT2D eigenvalue weighted by Gasteiger charge is -2.13. The monoisotopic (exact) mass is 283 g/mol. The quantitative estimate of drug-likeness (QED) is 0.910. The number of benzene rings is 1. The zero-order chi connectivity index (χ0) is 13.3. The molecule has 1 unspecified atom stereocenters. The van der Waals surface area contributed by atoms with Crippen molar-refractivity contribution in [2.24, 2.45) is 0 Å². The lowest BCUT2D eigenvalue weighted by atomic mass is 10.1. The summed E-state index contributed by atoms with van der Waals surface area (Å²) in [4.78, 5) is 0. The van der Waals surface area contributed by atoms with Gasteiger partial charge in [-0.1, -0.05) is 6.07 Å². The highest BCUT2D eigenvalue weighted by Crippen LogP contribution is 2.32. The fourth-order valence-corrected chi connectivity index (χ4v) is 3.91. The minimum absolute atomic E-state index is 0.0253. The molecule has 6 heteroatoms. The Balaban J connectivity index is 1.75. The van der Waals surface area contributed by atoms with Crippen molar-refractivity contribution < 1.29 is 17.9 Å². The van der Waals surface area contributed by atoms with E-state index in [1.54, 1.807) is 12.1 Å². The summed E-state index contributed by atoms with van der Waals surface area (Å²) in [5.74, 6) is 0.801. The number of fused-ring (bicyclic) bond motifs is 1. The molecule has 0 radical (unpaired) electrons. The van der Waals surface area contributed by atoms with Gasteiger partial charge >= 0.3 is 0 Å². The summed E-state index contributed by atoms with van der Waals surface area (Å²) in [7, 11) is -3.37. The van der Waals surface area contributed by atoms with Crippen molar-refractivity contribution in [3.63, 3.8) is 0 Å². The van der Waals surface area contributed by atoms with E-state index >= 15 is 0 Å². The molecule has 3 rings (SSSR count). The summed E-state index contributed by atoms with van der Waals surface area (Å²) >= 11 is 0. The number of nitrogens with one attached hydrogen (secondary N) is 1. The van der Waals surface area contributed by atoms with Crippen molar-refractivity contribution in [1.82, 2.24) is 0 Å². The van der Waals surface area contributed by atoms with E-state index in [4.69, 9.17) is 9.47 Å². The van der Waals surface area contributed by atoms with Crippen molar-refractivity contribution in [3.05, 3.63) is 23.8 Å². The predicted molar refractivity (Wildman–Crippen MR) is 72.0 cm³/mol. The van der Waals surface area contributed by atoms with Gasteiger partial charge in [-0.2, -0.15) is 0 Å². The summed E-state index contributed by atoms with van der Waals surface area (Å²) in [5, 5.41) is 0. The SMILES string of the molecule is O=S(=O)(CC1CCCO1)Nc1cccc2c1CCO2. The molecule has 0 saturated carbocycles. The number of hydrogen-bond acceptors (Lipinski definition) is 4. The van der Waals surface area contributed by atoms with Crippen LogP contribution >= 0.6 is 0 Å². The number of sulfonamides is 1. The second-order valence-electron chi connectivity index (χ2n) is 4.90. The van der Waals surface area contributed by atoms with E-state index in [2.05, 4.69) is 4.72 Å². The molecular weight excluding hydrogens is 266 g/mol. The maximum absolute atomic E-state index is 12.1. The van der Waals surface area contributed by atoms with Gasteiger partial charge < -0.3 is 9.47 Å². The van der Waals surface area contributed by atoms with Crippen molar-refractivity contribution in [2.75, 3.05) is 23.7 Å². The number of anilines is 1. The average Bonchev–Trinajstić information content (AvgIpc) is 2.98. The summed E-state index contributed by atoms with van der Waals surface area (Å²) in [5.41, 5.74) is 1.58. The molecule has 1 atom stereocenters. The minimum Gasteiger partial charge on any atom is -0.493 e. The van der Waals surface area contributed by atoms with Crippen LogP contribution in [0, 0.1) is 0 Å². The Labute approximate surface area is 113 Å². The molecule has 0 aliphatic carbocycles. The van der Waals surface area contributed by atoms with E-state index in [-0.39, 0.29) is 11.9 Å². The summed E-state index contributed by atoms with van der Waals surface area (Å²) in [6.45, 7) is 1.27. The fourth-order valence-electron chi connectivity index (χ4n) is 2.55. The van der Waals surface area contributed by atoms with Crippen LogP contribution in [-0.2, 0) is 21.2 Å². The first-order valence-corrected chi connectivity index (χ1v) is 8.16. The summed E-state index contributed by atoms with van der Waals surface area (Å²) < 4.78 is 37.7. The lowest BCUT2D eigenvalue weighted by molar-refractivity contribution is 0.127. The predicted octanol–water partition coefficient (Wildman–Crippen LogP) is 1.54. The third-order valence-corrected chi connectivity index (χ3v) is 4.78. The molecule has 2 heterocycles. The van der Waals surface area contributed by atoms with Gasteiger partial charge in [0.1, 0.15) is 5.75 Å². The van der Waals surface area contributed by atoms with Crippen LogP contribution < -0.4 is 9.46 Å². The molecule has 2 aliphatic heterocycles. The molecule has 104 valence electrons. The van der Waals surface area contributed by atoms with Crippen LogP contribution in [0.4, 0.5) is 5.69 Å². The molecule has 0 bridgehead atoms.